The van der Waals surface area contributed by atoms with Crippen molar-refractivity contribution in [1.29, 1.82) is 0 Å². The minimum Gasteiger partial charge on any atom is -0.394 e. The highest BCUT2D eigenvalue weighted by atomic mass is 16.3. The summed E-state index contributed by atoms with van der Waals surface area (Å²) >= 11 is 0. The van der Waals surface area contributed by atoms with Gasteiger partial charge in [0.25, 0.3) is 0 Å². The molecule has 0 spiro atoms. The van der Waals surface area contributed by atoms with E-state index in [1.165, 1.54) is 135 Å². The SMILES string of the molecule is CC/C=C\C/C=C\C/C=C\C/C=C\C/C=C\C/C=C\C/C=C\C/C=C\C/C=C\CCCCCC(=O)NC(CO)C(O)/C=C/CC/C=C/CCCCCCCCCCCCCCCCCCCCCCC. The molecule has 0 saturated heterocycles. The van der Waals surface area contributed by atoms with Crippen molar-refractivity contribution in [2.24, 2.45) is 0 Å². The molecule has 0 saturated carbocycles. The Morgan fingerprint density at radius 1 is 0.357 bits per heavy atom. The predicted octanol–water partition coefficient (Wildman–Crippen LogP) is 19.8. The molecule has 0 rings (SSSR count). The molecule has 0 radical (unpaired) electrons. The highest BCUT2D eigenvalue weighted by Crippen LogP contribution is 2.16. The monoisotopic (exact) mass is 966 g/mol. The van der Waals surface area contributed by atoms with E-state index in [4.69, 9.17) is 0 Å². The van der Waals surface area contributed by atoms with E-state index in [0.29, 0.717) is 6.42 Å². The number of carbonyl (C=O) groups excluding carboxylic acids is 1. The molecule has 0 fully saturated rings. The van der Waals surface area contributed by atoms with Crippen molar-refractivity contribution in [3.63, 3.8) is 0 Å². The minimum atomic E-state index is -0.888. The summed E-state index contributed by atoms with van der Waals surface area (Å²) in [5, 5.41) is 23.1. The van der Waals surface area contributed by atoms with Crippen LogP contribution in [0.15, 0.2) is 134 Å². The number of aliphatic hydroxyl groups excluding tert-OH is 2. The summed E-state index contributed by atoms with van der Waals surface area (Å²) < 4.78 is 0. The number of hydrogen-bond donors (Lipinski definition) is 3. The fraction of sp³-hybridized carbons (Fsp3) is 0.652. The molecule has 0 bridgehead atoms. The van der Waals surface area contributed by atoms with Gasteiger partial charge in [0.05, 0.1) is 18.8 Å². The van der Waals surface area contributed by atoms with E-state index in [1.54, 1.807) is 6.08 Å². The first kappa shape index (κ1) is 66.5. The van der Waals surface area contributed by atoms with Crippen molar-refractivity contribution in [3.05, 3.63) is 134 Å². The van der Waals surface area contributed by atoms with Crippen LogP contribution in [0, 0.1) is 0 Å². The van der Waals surface area contributed by atoms with E-state index in [-0.39, 0.29) is 12.5 Å². The molecular weight excluding hydrogens is 855 g/mol. The maximum atomic E-state index is 12.5. The zero-order chi connectivity index (χ0) is 50.6. The molecule has 398 valence electrons. The van der Waals surface area contributed by atoms with E-state index >= 15 is 0 Å². The van der Waals surface area contributed by atoms with Crippen LogP contribution >= 0.6 is 0 Å². The van der Waals surface area contributed by atoms with E-state index in [9.17, 15) is 15.0 Å². The van der Waals surface area contributed by atoms with Crippen LogP contribution in [0.5, 0.6) is 0 Å². The van der Waals surface area contributed by atoms with Crippen LogP contribution < -0.4 is 5.32 Å². The fourth-order valence-electron chi connectivity index (χ4n) is 8.19. The van der Waals surface area contributed by atoms with Gasteiger partial charge in [0.15, 0.2) is 0 Å². The Kier molecular flexibility index (Phi) is 56.9. The second-order valence-electron chi connectivity index (χ2n) is 19.3. The van der Waals surface area contributed by atoms with Crippen LogP contribution in [-0.2, 0) is 4.79 Å². The Bertz CT molecular complexity index is 1420. The third kappa shape index (κ3) is 55.5. The molecule has 2 atom stereocenters. The van der Waals surface area contributed by atoms with E-state index < -0.39 is 12.1 Å². The number of hydrogen-bond acceptors (Lipinski definition) is 3. The van der Waals surface area contributed by atoms with Crippen LogP contribution in [0.2, 0.25) is 0 Å². The quantitative estimate of drug-likeness (QED) is 0.0420. The van der Waals surface area contributed by atoms with Crippen molar-refractivity contribution in [1.82, 2.24) is 5.32 Å². The number of nitrogens with one attached hydrogen (secondary N) is 1. The first-order valence-corrected chi connectivity index (χ1v) is 29.4. The standard InChI is InChI=1S/C66H111NO3/c1-3-5-7-9-11-13-15-17-19-21-23-25-27-29-31-32-33-34-36-38-40-42-44-46-48-50-52-54-56-58-60-62-66(70)67-64(63-68)65(69)61-59-57-55-53-51-49-47-45-43-41-39-37-35-30-28-26-24-22-20-18-16-14-12-10-8-6-4-2/h5,7,11,13,17,19,23,25,29,31,33-34,38,40,44,46,50-53,59,61,64-65,68-69H,3-4,6,8-10,12,14-16,18,20-22,24,26-28,30,32,35-37,39,41-43,45,47-49,54-58,60,62-63H2,1-2H3,(H,67,70)/b7-5-,13-11-,19-17-,25-23-,31-29-,34-33-,40-38-,46-44-,52-50-,53-51+,61-59+. The van der Waals surface area contributed by atoms with Gasteiger partial charge in [0.2, 0.25) is 5.91 Å². The van der Waals surface area contributed by atoms with Crippen LogP contribution in [0.3, 0.4) is 0 Å². The van der Waals surface area contributed by atoms with Crippen LogP contribution in [0.25, 0.3) is 0 Å². The Morgan fingerprint density at radius 3 is 1.00 bits per heavy atom. The van der Waals surface area contributed by atoms with Gasteiger partial charge < -0.3 is 15.5 Å². The van der Waals surface area contributed by atoms with Crippen LogP contribution in [0.1, 0.15) is 258 Å². The molecule has 4 heteroatoms. The lowest BCUT2D eigenvalue weighted by Gasteiger charge is -2.19. The van der Waals surface area contributed by atoms with Crippen molar-refractivity contribution in [3.8, 4) is 0 Å². The third-order valence-electron chi connectivity index (χ3n) is 12.6. The average molecular weight is 967 g/mol. The smallest absolute Gasteiger partial charge is 0.220 e. The third-order valence-corrected chi connectivity index (χ3v) is 12.6. The van der Waals surface area contributed by atoms with Gasteiger partial charge in [-0.25, -0.2) is 0 Å². The van der Waals surface area contributed by atoms with E-state index in [2.05, 4.69) is 141 Å². The van der Waals surface area contributed by atoms with Crippen molar-refractivity contribution < 1.29 is 15.0 Å². The lowest BCUT2D eigenvalue weighted by Crippen LogP contribution is -2.45. The van der Waals surface area contributed by atoms with E-state index in [0.717, 1.165) is 103 Å². The molecule has 2 unspecified atom stereocenters. The normalized spacial score (nSPS) is 13.8. The molecule has 0 aliphatic heterocycles. The van der Waals surface area contributed by atoms with Crippen LogP contribution in [-0.4, -0.2) is 34.9 Å². The first-order valence-electron chi connectivity index (χ1n) is 29.4. The summed E-state index contributed by atoms with van der Waals surface area (Å²) in [5.41, 5.74) is 0. The van der Waals surface area contributed by atoms with Crippen molar-refractivity contribution >= 4 is 5.91 Å². The van der Waals surface area contributed by atoms with Crippen LogP contribution in [0.4, 0.5) is 0 Å². The molecular formula is C66H111NO3. The van der Waals surface area contributed by atoms with Gasteiger partial charge in [0, 0.05) is 6.42 Å². The summed E-state index contributed by atoms with van der Waals surface area (Å²) in [5.74, 6) is -0.109. The summed E-state index contributed by atoms with van der Waals surface area (Å²) in [4.78, 5) is 12.5. The van der Waals surface area contributed by atoms with Gasteiger partial charge in [-0.3, -0.25) is 4.79 Å². The van der Waals surface area contributed by atoms with Crippen molar-refractivity contribution in [2.75, 3.05) is 6.61 Å². The second kappa shape index (κ2) is 59.8. The summed E-state index contributed by atoms with van der Waals surface area (Å²) in [7, 11) is 0. The largest absolute Gasteiger partial charge is 0.394 e. The molecule has 70 heavy (non-hydrogen) atoms. The Morgan fingerprint density at radius 2 is 0.643 bits per heavy atom. The molecule has 4 nitrogen and oxygen atoms in total. The lowest BCUT2D eigenvalue weighted by atomic mass is 10.0. The highest BCUT2D eigenvalue weighted by Gasteiger charge is 2.17. The van der Waals surface area contributed by atoms with Gasteiger partial charge in [-0.1, -0.05) is 282 Å². The van der Waals surface area contributed by atoms with Gasteiger partial charge >= 0.3 is 0 Å². The Labute approximate surface area is 434 Å². The maximum absolute atomic E-state index is 12.5. The summed E-state index contributed by atoms with van der Waals surface area (Å²) in [6, 6.07) is -0.669. The number of unbranched alkanes of at least 4 members (excludes halogenated alkanes) is 25. The lowest BCUT2D eigenvalue weighted by molar-refractivity contribution is -0.123. The Balaban J connectivity index is 3.68. The first-order chi connectivity index (χ1) is 34.7. The number of carbonyl (C=O) groups is 1. The van der Waals surface area contributed by atoms with Gasteiger partial charge in [0.1, 0.15) is 0 Å². The maximum Gasteiger partial charge on any atom is 0.220 e. The second-order valence-corrected chi connectivity index (χ2v) is 19.3. The Hall–Kier alpha value is -3.47. The number of amides is 1. The molecule has 1 amide bonds. The van der Waals surface area contributed by atoms with Gasteiger partial charge in [-0.2, -0.15) is 0 Å². The van der Waals surface area contributed by atoms with Gasteiger partial charge in [-0.15, -0.1) is 0 Å². The average Bonchev–Trinajstić information content (AvgIpc) is 3.36. The number of allylic oxidation sites excluding steroid dienone is 21. The van der Waals surface area contributed by atoms with Crippen molar-refractivity contribution in [2.45, 2.75) is 270 Å². The molecule has 0 aromatic carbocycles. The minimum absolute atomic E-state index is 0.109. The number of aliphatic hydroxyl groups is 2. The predicted molar refractivity (Wildman–Crippen MR) is 312 cm³/mol. The van der Waals surface area contributed by atoms with Gasteiger partial charge in [-0.05, 0) is 103 Å². The van der Waals surface area contributed by atoms with E-state index in [1.807, 2.05) is 6.08 Å². The molecule has 0 aromatic heterocycles. The molecule has 0 aliphatic carbocycles. The molecule has 0 heterocycles. The topological polar surface area (TPSA) is 69.6 Å². The summed E-state index contributed by atoms with van der Waals surface area (Å²) in [6.45, 7) is 4.18. The zero-order valence-electron chi connectivity index (χ0n) is 45.7. The summed E-state index contributed by atoms with van der Waals surface area (Å²) in [6.07, 6.45) is 93.3. The zero-order valence-corrected chi connectivity index (χ0v) is 45.7. The number of rotatable bonds is 52. The fourth-order valence-corrected chi connectivity index (χ4v) is 8.19. The molecule has 0 aromatic rings. The highest BCUT2D eigenvalue weighted by molar-refractivity contribution is 5.76. The molecule has 0 aliphatic rings. The molecule has 3 N–H and O–H groups in total.